The number of aryl methyl sites for hydroxylation is 1. The number of ether oxygens (including phenoxy) is 1. The topological polar surface area (TPSA) is 56.2 Å². The summed E-state index contributed by atoms with van der Waals surface area (Å²) in [6.07, 6.45) is 0. The number of fused-ring (bicyclic) bond motifs is 1. The Morgan fingerprint density at radius 3 is 2.88 bits per heavy atom. The molecule has 0 atom stereocenters. The molecule has 1 aromatic heterocycles. The molecule has 0 spiro atoms. The van der Waals surface area contributed by atoms with Crippen LogP contribution in [0.2, 0.25) is 0 Å². The summed E-state index contributed by atoms with van der Waals surface area (Å²) in [5.74, 6) is 0.514. The summed E-state index contributed by atoms with van der Waals surface area (Å²) >= 11 is 3.19. The Morgan fingerprint density at radius 1 is 1.33 bits per heavy atom. The van der Waals surface area contributed by atoms with Gasteiger partial charge < -0.3 is 14.6 Å². The van der Waals surface area contributed by atoms with Gasteiger partial charge in [0, 0.05) is 7.05 Å². The monoisotopic (exact) mass is 391 g/mol. The highest BCUT2D eigenvalue weighted by molar-refractivity contribution is 9.10. The third-order valence-electron chi connectivity index (χ3n) is 3.58. The summed E-state index contributed by atoms with van der Waals surface area (Å²) in [7, 11) is 1.91. The molecule has 0 unspecified atom stereocenters. The summed E-state index contributed by atoms with van der Waals surface area (Å²) in [4.78, 5) is 16.4. The molecule has 0 fully saturated rings. The molecule has 124 valence electrons. The van der Waals surface area contributed by atoms with Crippen molar-refractivity contribution in [3.63, 3.8) is 0 Å². The van der Waals surface area contributed by atoms with Crippen LogP contribution >= 0.6 is 15.9 Å². The lowest BCUT2D eigenvalue weighted by Crippen LogP contribution is -2.29. The van der Waals surface area contributed by atoms with Crippen LogP contribution < -0.4 is 10.1 Å². The molecule has 1 amide bonds. The number of aromatic nitrogens is 2. The van der Waals surface area contributed by atoms with Crippen LogP contribution in [-0.2, 0) is 18.4 Å². The van der Waals surface area contributed by atoms with Crippen LogP contribution in [0.5, 0.6) is 5.75 Å². The summed E-state index contributed by atoms with van der Waals surface area (Å²) in [5, 5.41) is 2.77. The highest BCUT2D eigenvalue weighted by Crippen LogP contribution is 2.25. The van der Waals surface area contributed by atoms with Crippen LogP contribution in [0.4, 0.5) is 4.39 Å². The van der Waals surface area contributed by atoms with E-state index >= 15 is 0 Å². The second kappa shape index (κ2) is 7.00. The molecule has 0 aliphatic rings. The fourth-order valence-corrected chi connectivity index (χ4v) is 2.78. The lowest BCUT2D eigenvalue weighted by Gasteiger charge is -2.09. The third kappa shape index (κ3) is 3.56. The minimum Gasteiger partial charge on any atom is -0.483 e. The van der Waals surface area contributed by atoms with Gasteiger partial charge >= 0.3 is 0 Å². The Kier molecular flexibility index (Phi) is 4.80. The number of nitrogens with zero attached hydrogens (tertiary/aromatic N) is 2. The molecule has 5 nitrogen and oxygen atoms in total. The number of benzene rings is 2. The van der Waals surface area contributed by atoms with Gasteiger partial charge in [0.05, 0.1) is 22.1 Å². The number of nitrogens with one attached hydrogen (secondary N) is 1. The van der Waals surface area contributed by atoms with Crippen molar-refractivity contribution >= 4 is 32.9 Å². The lowest BCUT2D eigenvalue weighted by atomic mass is 10.3. The second-order valence-electron chi connectivity index (χ2n) is 5.22. The van der Waals surface area contributed by atoms with Crippen molar-refractivity contribution < 1.29 is 13.9 Å². The van der Waals surface area contributed by atoms with Crippen molar-refractivity contribution in [3.8, 4) is 5.75 Å². The number of para-hydroxylation sites is 2. The quantitative estimate of drug-likeness (QED) is 0.726. The van der Waals surface area contributed by atoms with Crippen LogP contribution in [-0.4, -0.2) is 22.1 Å². The molecule has 0 bridgehead atoms. The maximum Gasteiger partial charge on any atom is 0.258 e. The largest absolute Gasteiger partial charge is 0.483 e. The third-order valence-corrected chi connectivity index (χ3v) is 4.20. The fraction of sp³-hybridized carbons (Fsp3) is 0.176. The highest BCUT2D eigenvalue weighted by atomic mass is 79.9. The number of rotatable bonds is 5. The minimum absolute atomic E-state index is 0.159. The van der Waals surface area contributed by atoms with E-state index in [9.17, 15) is 9.18 Å². The zero-order chi connectivity index (χ0) is 17.1. The van der Waals surface area contributed by atoms with Crippen molar-refractivity contribution in [2.75, 3.05) is 6.61 Å². The number of halogens is 2. The van der Waals surface area contributed by atoms with Crippen LogP contribution in [0.25, 0.3) is 11.0 Å². The zero-order valence-corrected chi connectivity index (χ0v) is 14.5. The molecule has 7 heteroatoms. The molecule has 0 saturated heterocycles. The van der Waals surface area contributed by atoms with Gasteiger partial charge in [0.1, 0.15) is 17.4 Å². The lowest BCUT2D eigenvalue weighted by molar-refractivity contribution is -0.123. The van der Waals surface area contributed by atoms with E-state index < -0.39 is 0 Å². The van der Waals surface area contributed by atoms with Gasteiger partial charge in [-0.05, 0) is 46.3 Å². The van der Waals surface area contributed by atoms with Gasteiger partial charge in [-0.2, -0.15) is 0 Å². The van der Waals surface area contributed by atoms with Crippen LogP contribution in [0.1, 0.15) is 5.82 Å². The van der Waals surface area contributed by atoms with E-state index in [2.05, 4.69) is 26.2 Å². The standard InChI is InChI=1S/C17H15BrFN3O2/c1-22-14-5-3-2-4-13(14)21-16(22)9-20-17(23)10-24-15-7-6-11(19)8-12(15)18/h2-8H,9-10H2,1H3,(H,20,23). The first-order valence-corrected chi connectivity index (χ1v) is 8.09. The summed E-state index contributed by atoms with van der Waals surface area (Å²) in [6, 6.07) is 11.8. The normalized spacial score (nSPS) is 10.8. The maximum absolute atomic E-state index is 13.0. The predicted molar refractivity (Wildman–Crippen MR) is 92.2 cm³/mol. The van der Waals surface area contributed by atoms with Gasteiger partial charge in [0.2, 0.25) is 0 Å². The van der Waals surface area contributed by atoms with Gasteiger partial charge in [-0.15, -0.1) is 0 Å². The van der Waals surface area contributed by atoms with Crippen molar-refractivity contribution in [2.45, 2.75) is 6.54 Å². The number of carbonyl (C=O) groups excluding carboxylic acids is 1. The van der Waals surface area contributed by atoms with Gasteiger partial charge in [0.25, 0.3) is 5.91 Å². The number of imidazole rings is 1. The summed E-state index contributed by atoms with van der Waals surface area (Å²) < 4.78 is 20.8. The Bertz CT molecular complexity index is 895. The summed E-state index contributed by atoms with van der Waals surface area (Å²) in [5.41, 5.74) is 1.89. The Morgan fingerprint density at radius 2 is 2.12 bits per heavy atom. The van der Waals surface area contributed by atoms with Crippen LogP contribution in [0, 0.1) is 5.82 Å². The Hall–Kier alpha value is -2.41. The van der Waals surface area contributed by atoms with E-state index in [0.717, 1.165) is 16.9 Å². The molecular formula is C17H15BrFN3O2. The first kappa shape index (κ1) is 16.4. The molecule has 0 aliphatic carbocycles. The van der Waals surface area contributed by atoms with Crippen LogP contribution in [0.3, 0.4) is 0 Å². The fourth-order valence-electron chi connectivity index (χ4n) is 2.32. The molecule has 0 aliphatic heterocycles. The van der Waals surface area contributed by atoms with Crippen molar-refractivity contribution in [1.29, 1.82) is 0 Å². The zero-order valence-electron chi connectivity index (χ0n) is 12.9. The SMILES string of the molecule is Cn1c(CNC(=O)COc2ccc(F)cc2Br)nc2ccccc21. The molecule has 1 N–H and O–H groups in total. The summed E-state index contributed by atoms with van der Waals surface area (Å²) in [6.45, 7) is 0.145. The Balaban J connectivity index is 1.58. The first-order chi connectivity index (χ1) is 11.5. The van der Waals surface area contributed by atoms with Crippen molar-refractivity contribution in [1.82, 2.24) is 14.9 Å². The number of amides is 1. The molecule has 0 saturated carbocycles. The van der Waals surface area contributed by atoms with Gasteiger partial charge in [-0.1, -0.05) is 12.1 Å². The number of hydrogen-bond acceptors (Lipinski definition) is 3. The van der Waals surface area contributed by atoms with E-state index in [0.29, 0.717) is 16.8 Å². The molecule has 0 radical (unpaired) electrons. The van der Waals surface area contributed by atoms with Gasteiger partial charge in [-0.25, -0.2) is 9.37 Å². The molecule has 3 aromatic rings. The molecule has 1 heterocycles. The second-order valence-corrected chi connectivity index (χ2v) is 6.07. The average molecular weight is 392 g/mol. The maximum atomic E-state index is 13.0. The van der Waals surface area contributed by atoms with E-state index in [1.54, 1.807) is 0 Å². The van der Waals surface area contributed by atoms with E-state index in [4.69, 9.17) is 4.74 Å². The predicted octanol–water partition coefficient (Wildman–Crippen LogP) is 3.17. The molecule has 24 heavy (non-hydrogen) atoms. The van der Waals surface area contributed by atoms with E-state index in [-0.39, 0.29) is 18.3 Å². The smallest absolute Gasteiger partial charge is 0.258 e. The number of carbonyl (C=O) groups is 1. The highest BCUT2D eigenvalue weighted by Gasteiger charge is 2.10. The molecule has 2 aromatic carbocycles. The molecular weight excluding hydrogens is 377 g/mol. The average Bonchev–Trinajstić information content (AvgIpc) is 2.89. The Labute approximate surface area is 146 Å². The number of hydrogen-bond donors (Lipinski definition) is 1. The van der Waals surface area contributed by atoms with Gasteiger partial charge in [-0.3, -0.25) is 4.79 Å². The van der Waals surface area contributed by atoms with E-state index in [1.807, 2.05) is 35.9 Å². The van der Waals surface area contributed by atoms with E-state index in [1.165, 1.54) is 18.2 Å². The van der Waals surface area contributed by atoms with Crippen molar-refractivity contribution in [2.24, 2.45) is 7.05 Å². The van der Waals surface area contributed by atoms with Crippen molar-refractivity contribution in [3.05, 3.63) is 58.6 Å². The van der Waals surface area contributed by atoms with Gasteiger partial charge in [0.15, 0.2) is 6.61 Å². The minimum atomic E-state index is -0.375. The molecule has 3 rings (SSSR count). The first-order valence-electron chi connectivity index (χ1n) is 7.29. The van der Waals surface area contributed by atoms with Crippen LogP contribution in [0.15, 0.2) is 46.9 Å².